The van der Waals surface area contributed by atoms with Crippen LogP contribution in [-0.2, 0) is 0 Å². The zero-order chi connectivity index (χ0) is 12.1. The zero-order valence-electron chi connectivity index (χ0n) is 11.0. The maximum Gasteiger partial charge on any atom is 0.118 e. The summed E-state index contributed by atoms with van der Waals surface area (Å²) >= 11 is 0. The van der Waals surface area contributed by atoms with Crippen LogP contribution in [0, 0.1) is 0 Å². The summed E-state index contributed by atoms with van der Waals surface area (Å²) in [5, 5.41) is 0. The van der Waals surface area contributed by atoms with E-state index in [1.54, 1.807) is 7.11 Å². The minimum Gasteiger partial charge on any atom is -0.497 e. The molecule has 1 atom stereocenters. The van der Waals surface area contributed by atoms with Crippen molar-refractivity contribution in [3.63, 3.8) is 0 Å². The molecule has 0 aromatic heterocycles. The highest BCUT2D eigenvalue weighted by molar-refractivity contribution is 5.29. The lowest BCUT2D eigenvalue weighted by molar-refractivity contribution is 0.253. The van der Waals surface area contributed by atoms with Crippen molar-refractivity contribution in [1.29, 1.82) is 0 Å². The van der Waals surface area contributed by atoms with Crippen LogP contribution in [-0.4, -0.2) is 25.1 Å². The van der Waals surface area contributed by atoms with Crippen molar-refractivity contribution in [3.8, 4) is 5.75 Å². The molecule has 2 heteroatoms. The van der Waals surface area contributed by atoms with Crippen molar-refractivity contribution < 1.29 is 4.74 Å². The average molecular weight is 233 g/mol. The van der Waals surface area contributed by atoms with Gasteiger partial charge in [-0.2, -0.15) is 0 Å². The number of unbranched alkanes of at least 4 members (excludes halogenated alkanes) is 1. The van der Waals surface area contributed by atoms with E-state index in [2.05, 4.69) is 36.1 Å². The predicted molar refractivity (Wildman–Crippen MR) is 71.5 cm³/mol. The molecule has 1 aliphatic rings. The van der Waals surface area contributed by atoms with E-state index in [0.717, 1.165) is 5.75 Å². The van der Waals surface area contributed by atoms with E-state index in [1.165, 1.54) is 44.3 Å². The summed E-state index contributed by atoms with van der Waals surface area (Å²) in [6.07, 6.45) is 5.23. The largest absolute Gasteiger partial charge is 0.497 e. The average Bonchev–Trinajstić information content (AvgIpc) is 2.84. The first-order valence-electron chi connectivity index (χ1n) is 6.73. The molecular formula is C15H23NO. The number of hydrogen-bond acceptors (Lipinski definition) is 2. The Balaban J connectivity index is 2.03. The molecule has 94 valence electrons. The SMILES string of the molecule is CCCCN1CCC[C@H]1c1ccc(OC)cc1. The van der Waals surface area contributed by atoms with Crippen molar-refractivity contribution >= 4 is 0 Å². The summed E-state index contributed by atoms with van der Waals surface area (Å²) in [6.45, 7) is 4.77. The van der Waals surface area contributed by atoms with E-state index >= 15 is 0 Å². The summed E-state index contributed by atoms with van der Waals surface area (Å²) < 4.78 is 5.21. The van der Waals surface area contributed by atoms with Crippen LogP contribution >= 0.6 is 0 Å². The Kier molecular flexibility index (Phi) is 4.43. The fourth-order valence-electron chi connectivity index (χ4n) is 2.66. The van der Waals surface area contributed by atoms with Gasteiger partial charge >= 0.3 is 0 Å². The second kappa shape index (κ2) is 6.06. The molecule has 2 nitrogen and oxygen atoms in total. The van der Waals surface area contributed by atoms with E-state index in [9.17, 15) is 0 Å². The van der Waals surface area contributed by atoms with Crippen LogP contribution in [0.5, 0.6) is 5.75 Å². The van der Waals surface area contributed by atoms with Crippen LogP contribution in [0.2, 0.25) is 0 Å². The van der Waals surface area contributed by atoms with E-state index in [4.69, 9.17) is 4.74 Å². The van der Waals surface area contributed by atoms with Crippen LogP contribution in [0.4, 0.5) is 0 Å². The number of rotatable bonds is 5. The molecule has 0 aliphatic carbocycles. The molecule has 0 radical (unpaired) electrons. The molecular weight excluding hydrogens is 210 g/mol. The minimum absolute atomic E-state index is 0.632. The first-order chi connectivity index (χ1) is 8.35. The van der Waals surface area contributed by atoms with Gasteiger partial charge in [0.1, 0.15) is 5.75 Å². The summed E-state index contributed by atoms with van der Waals surface area (Å²) in [5.41, 5.74) is 1.44. The lowest BCUT2D eigenvalue weighted by Crippen LogP contribution is -2.24. The minimum atomic E-state index is 0.632. The molecule has 0 saturated carbocycles. The van der Waals surface area contributed by atoms with Crippen molar-refractivity contribution in [1.82, 2.24) is 4.90 Å². The molecule has 0 N–H and O–H groups in total. The fraction of sp³-hybridized carbons (Fsp3) is 0.600. The molecule has 1 aromatic rings. The topological polar surface area (TPSA) is 12.5 Å². The van der Waals surface area contributed by atoms with E-state index in [-0.39, 0.29) is 0 Å². The van der Waals surface area contributed by atoms with E-state index < -0.39 is 0 Å². The van der Waals surface area contributed by atoms with Gasteiger partial charge in [0.05, 0.1) is 7.11 Å². The third-order valence-corrected chi connectivity index (χ3v) is 3.66. The van der Waals surface area contributed by atoms with Gasteiger partial charge in [-0.05, 0) is 50.0 Å². The Morgan fingerprint density at radius 1 is 1.29 bits per heavy atom. The molecule has 1 aromatic carbocycles. The lowest BCUT2D eigenvalue weighted by Gasteiger charge is -2.24. The smallest absolute Gasteiger partial charge is 0.118 e. The molecule has 2 rings (SSSR count). The van der Waals surface area contributed by atoms with Crippen molar-refractivity contribution in [2.45, 2.75) is 38.6 Å². The van der Waals surface area contributed by atoms with Gasteiger partial charge in [-0.25, -0.2) is 0 Å². The highest BCUT2D eigenvalue weighted by atomic mass is 16.5. The third kappa shape index (κ3) is 3.01. The van der Waals surface area contributed by atoms with Gasteiger partial charge in [0.2, 0.25) is 0 Å². The molecule has 0 unspecified atom stereocenters. The summed E-state index contributed by atoms with van der Waals surface area (Å²) in [6, 6.07) is 9.21. The van der Waals surface area contributed by atoms with Gasteiger partial charge in [0.15, 0.2) is 0 Å². The van der Waals surface area contributed by atoms with Crippen molar-refractivity contribution in [2.75, 3.05) is 20.2 Å². The van der Waals surface area contributed by atoms with Crippen LogP contribution in [0.25, 0.3) is 0 Å². The number of benzene rings is 1. The van der Waals surface area contributed by atoms with Crippen molar-refractivity contribution in [2.24, 2.45) is 0 Å². The number of ether oxygens (including phenoxy) is 1. The van der Waals surface area contributed by atoms with Gasteiger partial charge in [0, 0.05) is 6.04 Å². The fourth-order valence-corrected chi connectivity index (χ4v) is 2.66. The zero-order valence-corrected chi connectivity index (χ0v) is 11.0. The van der Waals surface area contributed by atoms with Crippen LogP contribution in [0.1, 0.15) is 44.2 Å². The molecule has 0 amide bonds. The highest BCUT2D eigenvalue weighted by Crippen LogP contribution is 2.32. The lowest BCUT2D eigenvalue weighted by atomic mass is 10.0. The Morgan fingerprint density at radius 2 is 2.06 bits per heavy atom. The molecule has 1 aliphatic heterocycles. The second-order valence-electron chi connectivity index (χ2n) is 4.82. The first kappa shape index (κ1) is 12.4. The number of methoxy groups -OCH3 is 1. The molecule has 17 heavy (non-hydrogen) atoms. The van der Waals surface area contributed by atoms with Gasteiger partial charge in [0.25, 0.3) is 0 Å². The maximum absolute atomic E-state index is 5.21. The summed E-state index contributed by atoms with van der Waals surface area (Å²) in [5.74, 6) is 0.951. The summed E-state index contributed by atoms with van der Waals surface area (Å²) in [7, 11) is 1.72. The quantitative estimate of drug-likeness (QED) is 0.770. The summed E-state index contributed by atoms with van der Waals surface area (Å²) in [4.78, 5) is 2.63. The Hall–Kier alpha value is -1.02. The Labute approximate surface area is 105 Å². The molecule has 0 bridgehead atoms. The normalized spacial score (nSPS) is 20.7. The van der Waals surface area contributed by atoms with Gasteiger partial charge in [-0.1, -0.05) is 25.5 Å². The molecule has 1 saturated heterocycles. The first-order valence-corrected chi connectivity index (χ1v) is 6.73. The number of likely N-dealkylation sites (tertiary alicyclic amines) is 1. The molecule has 1 fully saturated rings. The third-order valence-electron chi connectivity index (χ3n) is 3.66. The molecule has 1 heterocycles. The van der Waals surface area contributed by atoms with Crippen LogP contribution in [0.3, 0.4) is 0 Å². The predicted octanol–water partition coefficient (Wildman–Crippen LogP) is 3.63. The van der Waals surface area contributed by atoms with Crippen molar-refractivity contribution in [3.05, 3.63) is 29.8 Å². The highest BCUT2D eigenvalue weighted by Gasteiger charge is 2.24. The molecule has 0 spiro atoms. The van der Waals surface area contributed by atoms with Gasteiger partial charge < -0.3 is 4.74 Å². The maximum atomic E-state index is 5.21. The second-order valence-corrected chi connectivity index (χ2v) is 4.82. The van der Waals surface area contributed by atoms with Crippen LogP contribution < -0.4 is 4.74 Å². The number of nitrogens with zero attached hydrogens (tertiary/aromatic N) is 1. The van der Waals surface area contributed by atoms with E-state index in [1.807, 2.05) is 0 Å². The standard InChI is InChI=1S/C15H23NO/c1-3-4-11-16-12-5-6-15(16)13-7-9-14(17-2)10-8-13/h7-10,15H,3-6,11-12H2,1-2H3/t15-/m0/s1. The Bertz CT molecular complexity index is 333. The van der Waals surface area contributed by atoms with E-state index in [0.29, 0.717) is 6.04 Å². The Morgan fingerprint density at radius 3 is 2.71 bits per heavy atom. The van der Waals surface area contributed by atoms with Gasteiger partial charge in [-0.3, -0.25) is 4.90 Å². The number of hydrogen-bond donors (Lipinski definition) is 0. The van der Waals surface area contributed by atoms with Crippen LogP contribution in [0.15, 0.2) is 24.3 Å². The van der Waals surface area contributed by atoms with Gasteiger partial charge in [-0.15, -0.1) is 0 Å². The monoisotopic (exact) mass is 233 g/mol.